The number of carbonyl (C=O) groups excluding carboxylic acids is 4. The second-order valence-corrected chi connectivity index (χ2v) is 20.0. The molecule has 1 saturated heterocycles. The van der Waals surface area contributed by atoms with Gasteiger partial charge in [0.2, 0.25) is 27.4 Å². The number of nitrogens with one attached hydrogen (secondary N) is 3. The van der Waals surface area contributed by atoms with Crippen LogP contribution in [-0.4, -0.2) is 88.2 Å². The predicted molar refractivity (Wildman–Crippen MR) is 231 cm³/mol. The van der Waals surface area contributed by atoms with E-state index in [9.17, 15) is 32.0 Å². The SMILES string of the molecule is CC(C)(C)OC(=O)N[C@H]1CCCCC/C=C\[C@@H]2C[C@@]2(C(=O)NS(=O)(=O)C2CC2)NC(=O)[C@@H]2C[C@@H](Oc3nc(-c4ccc(-c5ccoc5)cc4)nc4c3oc3ccc(F)cc34)CN2C1=O. The molecule has 5 aromatic rings. The van der Waals surface area contributed by atoms with Crippen molar-refractivity contribution in [2.75, 3.05) is 6.54 Å². The fourth-order valence-corrected chi connectivity index (χ4v) is 9.86. The Morgan fingerprint density at radius 3 is 2.50 bits per heavy atom. The van der Waals surface area contributed by atoms with Gasteiger partial charge in [0, 0.05) is 28.9 Å². The molecule has 4 amide bonds. The van der Waals surface area contributed by atoms with Gasteiger partial charge in [-0.05, 0) is 89.1 Å². The Morgan fingerprint density at radius 2 is 1.77 bits per heavy atom. The number of fused-ring (bicyclic) bond motifs is 5. The van der Waals surface area contributed by atoms with Gasteiger partial charge >= 0.3 is 6.09 Å². The summed E-state index contributed by atoms with van der Waals surface area (Å²) in [5.74, 6) is -2.90. The third-order valence-corrected chi connectivity index (χ3v) is 13.9. The number of carbonyl (C=O) groups is 4. The van der Waals surface area contributed by atoms with Crippen molar-refractivity contribution in [3.63, 3.8) is 0 Å². The summed E-state index contributed by atoms with van der Waals surface area (Å²) in [6.45, 7) is 4.96. The Labute approximate surface area is 368 Å². The Hall–Kier alpha value is -6.30. The van der Waals surface area contributed by atoms with E-state index in [4.69, 9.17) is 28.3 Å². The number of nitrogens with zero attached hydrogens (tertiary/aromatic N) is 3. The molecular formula is C46H49FN6O10S. The highest BCUT2D eigenvalue weighted by Crippen LogP contribution is 2.46. The summed E-state index contributed by atoms with van der Waals surface area (Å²) < 4.78 is 66.4. The molecule has 3 N–H and O–H groups in total. The number of aromatic nitrogens is 2. The fraction of sp³-hybridized carbons (Fsp3) is 0.435. The molecule has 9 rings (SSSR count). The van der Waals surface area contributed by atoms with Crippen LogP contribution in [0.15, 0.2) is 82.0 Å². The van der Waals surface area contributed by atoms with Gasteiger partial charge in [0.1, 0.15) is 46.2 Å². The lowest BCUT2D eigenvalue weighted by atomic mass is 10.0. The van der Waals surface area contributed by atoms with Gasteiger partial charge in [0.05, 0.1) is 24.3 Å². The van der Waals surface area contributed by atoms with Crippen LogP contribution in [0.1, 0.15) is 78.6 Å². The van der Waals surface area contributed by atoms with E-state index < -0.39 is 80.2 Å². The van der Waals surface area contributed by atoms with E-state index in [0.717, 1.165) is 17.5 Å². The van der Waals surface area contributed by atoms with E-state index in [-0.39, 0.29) is 48.6 Å². The number of ether oxygens (including phenoxy) is 2. The van der Waals surface area contributed by atoms with Crippen LogP contribution in [0.5, 0.6) is 5.88 Å². The lowest BCUT2D eigenvalue weighted by molar-refractivity contribution is -0.141. The smallest absolute Gasteiger partial charge is 0.408 e. The van der Waals surface area contributed by atoms with Crippen molar-refractivity contribution < 1.29 is 50.3 Å². The number of benzene rings is 2. The van der Waals surface area contributed by atoms with Crippen molar-refractivity contribution in [2.45, 2.75) is 113 Å². The van der Waals surface area contributed by atoms with Crippen molar-refractivity contribution in [1.82, 2.24) is 30.2 Å². The van der Waals surface area contributed by atoms with Crippen LogP contribution in [0.4, 0.5) is 9.18 Å². The third-order valence-electron chi connectivity index (χ3n) is 12.1. The van der Waals surface area contributed by atoms with Crippen LogP contribution in [0, 0.1) is 11.7 Å². The molecule has 16 nitrogen and oxygen atoms in total. The van der Waals surface area contributed by atoms with Crippen molar-refractivity contribution >= 4 is 55.9 Å². The first-order chi connectivity index (χ1) is 30.6. The van der Waals surface area contributed by atoms with Crippen LogP contribution in [0.2, 0.25) is 0 Å². The molecule has 2 aliphatic carbocycles. The minimum atomic E-state index is -3.96. The Morgan fingerprint density at radius 1 is 0.984 bits per heavy atom. The number of rotatable bonds is 8. The van der Waals surface area contributed by atoms with E-state index in [1.165, 1.54) is 23.1 Å². The average molecular weight is 897 g/mol. The zero-order valence-electron chi connectivity index (χ0n) is 35.6. The van der Waals surface area contributed by atoms with E-state index in [2.05, 4.69) is 15.4 Å². The van der Waals surface area contributed by atoms with E-state index in [1.807, 2.05) is 42.5 Å². The number of allylic oxidation sites excluding steroid dienone is 1. The predicted octanol–water partition coefficient (Wildman–Crippen LogP) is 6.69. The van der Waals surface area contributed by atoms with Crippen LogP contribution >= 0.6 is 0 Å². The topological polar surface area (TPSA) is 212 Å². The molecule has 5 heterocycles. The van der Waals surface area contributed by atoms with Crippen molar-refractivity contribution in [2.24, 2.45) is 5.92 Å². The maximum absolute atomic E-state index is 14.8. The maximum Gasteiger partial charge on any atom is 0.408 e. The number of hydrogen-bond acceptors (Lipinski definition) is 12. The summed E-state index contributed by atoms with van der Waals surface area (Å²) in [7, 11) is -3.96. The lowest BCUT2D eigenvalue weighted by Gasteiger charge is -2.30. The number of amides is 4. The molecule has 0 unspecified atom stereocenters. The molecule has 2 aromatic carbocycles. The van der Waals surface area contributed by atoms with E-state index >= 15 is 0 Å². The van der Waals surface area contributed by atoms with Crippen molar-refractivity contribution in [3.8, 4) is 28.4 Å². The molecular weight excluding hydrogens is 848 g/mol. The molecule has 0 spiro atoms. The normalized spacial score (nSPS) is 24.8. The van der Waals surface area contributed by atoms with Gasteiger partial charge in [0.25, 0.3) is 11.8 Å². The zero-order valence-corrected chi connectivity index (χ0v) is 36.4. The fourth-order valence-electron chi connectivity index (χ4n) is 8.50. The second kappa shape index (κ2) is 16.7. The maximum atomic E-state index is 14.8. The van der Waals surface area contributed by atoms with Gasteiger partial charge in [-0.1, -0.05) is 49.3 Å². The summed E-state index contributed by atoms with van der Waals surface area (Å²) in [5, 5.41) is 5.31. The minimum absolute atomic E-state index is 0.0203. The van der Waals surface area contributed by atoms with Gasteiger partial charge in [0.15, 0.2) is 5.82 Å². The molecule has 2 saturated carbocycles. The standard InChI is InChI=1S/C46H49FN6O10S/c1-45(2,3)63-44(57)48-34-10-8-6-4-5-7-9-29-23-46(29,43(56)52-64(58,59)32-16-17-32)51-40(54)35-22-31(24-53(35)42(34)55)61-41-38-37(33-21-30(47)15-18-36(33)62-38)49-39(50-41)27-13-11-26(12-14-27)28-19-20-60-25-28/h7,9,11-15,18-21,25,29,31-32,34-35H,4-6,8,10,16-17,22-24H2,1-3H3,(H,48,57)(H,51,54)(H,52,56)/b9-7-/t29-,31-,34+,35+,46-/m1/s1. The largest absolute Gasteiger partial charge is 0.472 e. The number of sulfonamides is 1. The van der Waals surface area contributed by atoms with E-state index in [0.29, 0.717) is 48.6 Å². The molecule has 18 heteroatoms. The molecule has 64 heavy (non-hydrogen) atoms. The zero-order chi connectivity index (χ0) is 45.0. The summed E-state index contributed by atoms with van der Waals surface area (Å²) in [6, 6.07) is 11.0. The minimum Gasteiger partial charge on any atom is -0.472 e. The molecule has 5 atom stereocenters. The summed E-state index contributed by atoms with van der Waals surface area (Å²) in [4.78, 5) is 67.4. The van der Waals surface area contributed by atoms with Gasteiger partial charge in [-0.3, -0.25) is 19.1 Å². The molecule has 3 fully saturated rings. The number of alkyl carbamates (subject to hydrolysis) is 1. The Balaban J connectivity index is 1.07. The first-order valence-corrected chi connectivity index (χ1v) is 23.2. The molecule has 4 aliphatic rings. The highest BCUT2D eigenvalue weighted by atomic mass is 32.2. The van der Waals surface area contributed by atoms with Gasteiger partial charge in [-0.15, -0.1) is 0 Å². The molecule has 336 valence electrons. The lowest BCUT2D eigenvalue weighted by Crippen LogP contribution is -2.58. The second-order valence-electron chi connectivity index (χ2n) is 18.1. The summed E-state index contributed by atoms with van der Waals surface area (Å²) >= 11 is 0. The van der Waals surface area contributed by atoms with Gasteiger partial charge in [-0.2, -0.15) is 4.98 Å². The summed E-state index contributed by atoms with van der Waals surface area (Å²) in [6.07, 6.45) is 9.12. The molecule has 2 aliphatic heterocycles. The van der Waals surface area contributed by atoms with Crippen LogP contribution in [0.3, 0.4) is 0 Å². The highest BCUT2D eigenvalue weighted by Gasteiger charge is 2.62. The third kappa shape index (κ3) is 8.92. The number of hydrogen-bond donors (Lipinski definition) is 3. The quantitative estimate of drug-likeness (QED) is 0.139. The van der Waals surface area contributed by atoms with Crippen LogP contribution < -0.4 is 20.1 Å². The number of furan rings is 2. The number of halogens is 1. The van der Waals surface area contributed by atoms with Crippen molar-refractivity contribution in [3.05, 3.63) is 79.0 Å². The van der Waals surface area contributed by atoms with Crippen LogP contribution in [0.25, 0.3) is 44.6 Å². The Kier molecular flexibility index (Phi) is 11.2. The highest BCUT2D eigenvalue weighted by molar-refractivity contribution is 7.91. The van der Waals surface area contributed by atoms with Gasteiger partial charge in [-0.25, -0.2) is 22.6 Å². The van der Waals surface area contributed by atoms with Gasteiger partial charge < -0.3 is 33.8 Å². The van der Waals surface area contributed by atoms with Crippen molar-refractivity contribution in [1.29, 1.82) is 0 Å². The summed E-state index contributed by atoms with van der Waals surface area (Å²) in [5.41, 5.74) is 0.646. The molecule has 3 aromatic heterocycles. The van der Waals surface area contributed by atoms with Crippen LogP contribution in [-0.2, 0) is 29.1 Å². The first kappa shape index (κ1) is 43.0. The average Bonchev–Trinajstić information content (AvgIpc) is 4.04. The molecule has 0 radical (unpaired) electrons. The molecule has 0 bridgehead atoms. The first-order valence-electron chi connectivity index (χ1n) is 21.6. The van der Waals surface area contributed by atoms with E-state index in [1.54, 1.807) is 33.3 Å². The monoisotopic (exact) mass is 896 g/mol. The Bertz CT molecular complexity index is 2760.